The minimum absolute atomic E-state index is 0. The molecule has 0 bridgehead atoms. The van der Waals surface area contributed by atoms with E-state index in [0.29, 0.717) is 24.9 Å². The molecule has 0 atom stereocenters. The quantitative estimate of drug-likeness (QED) is 0.697. The topological polar surface area (TPSA) is 81.1 Å². The third-order valence-electron chi connectivity index (χ3n) is 3.97. The highest BCUT2D eigenvalue weighted by molar-refractivity contribution is 5.93. The van der Waals surface area contributed by atoms with Gasteiger partial charge in [-0.25, -0.2) is 4.68 Å². The van der Waals surface area contributed by atoms with Crippen LogP contribution in [0.3, 0.4) is 0 Å². The lowest BCUT2D eigenvalue weighted by molar-refractivity contribution is 0.0907. The van der Waals surface area contributed by atoms with Gasteiger partial charge >= 0.3 is 0 Å². The Kier molecular flexibility index (Phi) is 9.13. The Hall–Kier alpha value is -1.18. The van der Waals surface area contributed by atoms with Gasteiger partial charge in [-0.3, -0.25) is 4.79 Å². The fourth-order valence-corrected chi connectivity index (χ4v) is 2.62. The van der Waals surface area contributed by atoms with Crippen molar-refractivity contribution in [2.24, 2.45) is 0 Å². The van der Waals surface area contributed by atoms with Gasteiger partial charge < -0.3 is 15.4 Å². The lowest BCUT2D eigenvalue weighted by atomic mass is 10.1. The van der Waals surface area contributed by atoms with E-state index >= 15 is 0 Å². The lowest BCUT2D eigenvalue weighted by Gasteiger charge is -2.23. The lowest BCUT2D eigenvalue weighted by Crippen LogP contribution is -2.31. The van der Waals surface area contributed by atoms with Crippen molar-refractivity contribution in [1.82, 2.24) is 25.6 Å². The second kappa shape index (κ2) is 10.6. The van der Waals surface area contributed by atoms with E-state index in [0.717, 1.165) is 51.1 Å². The number of halogens is 1. The van der Waals surface area contributed by atoms with Crippen molar-refractivity contribution in [3.05, 3.63) is 11.4 Å². The SMILES string of the molecule is CCCCOCCNC(=O)c1nnn(C2CCNCC2)c1C.Cl. The molecule has 0 radical (unpaired) electrons. The predicted octanol–water partition coefficient (Wildman–Crippen LogP) is 1.48. The summed E-state index contributed by atoms with van der Waals surface area (Å²) in [5, 5.41) is 14.4. The van der Waals surface area contributed by atoms with Crippen LogP contribution in [0.15, 0.2) is 0 Å². The number of ether oxygens (including phenoxy) is 1. The first kappa shape index (κ1) is 19.9. The molecular weight excluding hydrogens is 318 g/mol. The molecule has 2 heterocycles. The molecule has 23 heavy (non-hydrogen) atoms. The highest BCUT2D eigenvalue weighted by atomic mass is 35.5. The fourth-order valence-electron chi connectivity index (χ4n) is 2.62. The van der Waals surface area contributed by atoms with Gasteiger partial charge in [-0.1, -0.05) is 18.6 Å². The van der Waals surface area contributed by atoms with Crippen molar-refractivity contribution in [2.75, 3.05) is 32.8 Å². The maximum absolute atomic E-state index is 12.2. The van der Waals surface area contributed by atoms with Crippen LogP contribution in [0.2, 0.25) is 0 Å². The second-order valence-corrected chi connectivity index (χ2v) is 5.67. The zero-order valence-electron chi connectivity index (χ0n) is 14.0. The van der Waals surface area contributed by atoms with E-state index < -0.39 is 0 Å². The van der Waals surface area contributed by atoms with Crippen molar-refractivity contribution in [2.45, 2.75) is 45.6 Å². The average Bonchev–Trinajstić information content (AvgIpc) is 2.93. The first-order valence-corrected chi connectivity index (χ1v) is 8.22. The van der Waals surface area contributed by atoms with Crippen molar-refractivity contribution in [1.29, 1.82) is 0 Å². The molecule has 0 aliphatic carbocycles. The Morgan fingerprint density at radius 2 is 2.13 bits per heavy atom. The number of carbonyl (C=O) groups excluding carboxylic acids is 1. The summed E-state index contributed by atoms with van der Waals surface area (Å²) in [4.78, 5) is 12.2. The number of rotatable bonds is 8. The molecule has 0 spiro atoms. The summed E-state index contributed by atoms with van der Waals surface area (Å²) >= 11 is 0. The normalized spacial score (nSPS) is 15.2. The van der Waals surface area contributed by atoms with Crippen LogP contribution >= 0.6 is 12.4 Å². The molecule has 1 aliphatic heterocycles. The second-order valence-electron chi connectivity index (χ2n) is 5.67. The smallest absolute Gasteiger partial charge is 0.273 e. The maximum atomic E-state index is 12.2. The van der Waals surface area contributed by atoms with Crippen LogP contribution in [0.4, 0.5) is 0 Å². The number of aromatic nitrogens is 3. The summed E-state index contributed by atoms with van der Waals surface area (Å²) < 4.78 is 7.32. The van der Waals surface area contributed by atoms with Crippen LogP contribution in [-0.4, -0.2) is 53.7 Å². The van der Waals surface area contributed by atoms with Crippen LogP contribution < -0.4 is 10.6 Å². The highest BCUT2D eigenvalue weighted by Crippen LogP contribution is 2.20. The molecule has 1 saturated heterocycles. The Morgan fingerprint density at radius 3 is 2.83 bits per heavy atom. The first-order valence-electron chi connectivity index (χ1n) is 8.22. The Morgan fingerprint density at radius 1 is 1.39 bits per heavy atom. The summed E-state index contributed by atoms with van der Waals surface area (Å²) in [6.07, 6.45) is 4.22. The summed E-state index contributed by atoms with van der Waals surface area (Å²) in [6.45, 7) is 7.79. The number of nitrogens with one attached hydrogen (secondary N) is 2. The Labute approximate surface area is 143 Å². The van der Waals surface area contributed by atoms with Crippen molar-refractivity contribution in [3.8, 4) is 0 Å². The molecule has 7 nitrogen and oxygen atoms in total. The molecular formula is C15H28ClN5O2. The third-order valence-corrected chi connectivity index (χ3v) is 3.97. The zero-order valence-corrected chi connectivity index (χ0v) is 14.8. The molecule has 1 aromatic heterocycles. The van der Waals surface area contributed by atoms with Gasteiger partial charge in [0.15, 0.2) is 5.69 Å². The van der Waals surface area contributed by atoms with E-state index in [9.17, 15) is 4.79 Å². The molecule has 0 unspecified atom stereocenters. The Bertz CT molecular complexity index is 474. The molecule has 2 N–H and O–H groups in total. The number of amides is 1. The number of hydrogen-bond acceptors (Lipinski definition) is 5. The molecule has 8 heteroatoms. The maximum Gasteiger partial charge on any atom is 0.273 e. The Balaban J connectivity index is 0.00000264. The van der Waals surface area contributed by atoms with E-state index in [4.69, 9.17) is 4.74 Å². The van der Waals surface area contributed by atoms with E-state index in [-0.39, 0.29) is 18.3 Å². The minimum Gasteiger partial charge on any atom is -0.380 e. The minimum atomic E-state index is -0.170. The highest BCUT2D eigenvalue weighted by Gasteiger charge is 2.22. The average molecular weight is 346 g/mol. The fraction of sp³-hybridized carbons (Fsp3) is 0.800. The summed E-state index contributed by atoms with van der Waals surface area (Å²) in [7, 11) is 0. The van der Waals surface area contributed by atoms with E-state index in [1.54, 1.807) is 0 Å². The van der Waals surface area contributed by atoms with Crippen molar-refractivity contribution in [3.63, 3.8) is 0 Å². The van der Waals surface area contributed by atoms with E-state index in [1.165, 1.54) is 0 Å². The first-order chi connectivity index (χ1) is 10.7. The molecule has 1 aliphatic rings. The number of unbranched alkanes of at least 4 members (excludes halogenated alkanes) is 1. The molecule has 1 fully saturated rings. The molecule has 132 valence electrons. The largest absolute Gasteiger partial charge is 0.380 e. The molecule has 2 rings (SSSR count). The van der Waals surface area contributed by atoms with Crippen molar-refractivity contribution < 1.29 is 9.53 Å². The number of piperidine rings is 1. The molecule has 0 saturated carbocycles. The summed E-state index contributed by atoms with van der Waals surface area (Å²) in [5.41, 5.74) is 1.27. The molecule has 1 aromatic rings. The van der Waals surface area contributed by atoms with Gasteiger partial charge in [0.05, 0.1) is 18.3 Å². The standard InChI is InChI=1S/C15H27N5O2.ClH/c1-3-4-10-22-11-9-17-15(21)14-12(2)20(19-18-14)13-5-7-16-8-6-13;/h13,16H,3-11H2,1-2H3,(H,17,21);1H. The molecule has 0 aromatic carbocycles. The predicted molar refractivity (Wildman–Crippen MR) is 91.2 cm³/mol. The summed E-state index contributed by atoms with van der Waals surface area (Å²) in [6, 6.07) is 0.340. The van der Waals surface area contributed by atoms with E-state index in [1.807, 2.05) is 11.6 Å². The monoisotopic (exact) mass is 345 g/mol. The van der Waals surface area contributed by atoms with Crippen molar-refractivity contribution >= 4 is 18.3 Å². The van der Waals surface area contributed by atoms with Gasteiger partial charge in [0, 0.05) is 13.2 Å². The zero-order chi connectivity index (χ0) is 15.8. The summed E-state index contributed by atoms with van der Waals surface area (Å²) in [5.74, 6) is -0.170. The van der Waals surface area contributed by atoms with Crippen LogP contribution in [0.1, 0.15) is 54.8 Å². The van der Waals surface area contributed by atoms with Gasteiger partial charge in [-0.05, 0) is 39.3 Å². The molecule has 1 amide bonds. The van der Waals surface area contributed by atoms with Crippen LogP contribution in [0.5, 0.6) is 0 Å². The van der Waals surface area contributed by atoms with E-state index in [2.05, 4.69) is 27.9 Å². The number of nitrogens with zero attached hydrogens (tertiary/aromatic N) is 3. The number of hydrogen-bond donors (Lipinski definition) is 2. The third kappa shape index (κ3) is 5.75. The van der Waals surface area contributed by atoms with Gasteiger partial charge in [0.1, 0.15) is 0 Å². The van der Waals surface area contributed by atoms with Crippen LogP contribution in [0.25, 0.3) is 0 Å². The van der Waals surface area contributed by atoms with Crippen LogP contribution in [-0.2, 0) is 4.74 Å². The van der Waals surface area contributed by atoms with Gasteiger partial charge in [-0.2, -0.15) is 0 Å². The van der Waals surface area contributed by atoms with Crippen LogP contribution in [0, 0.1) is 6.92 Å². The van der Waals surface area contributed by atoms with Gasteiger partial charge in [0.25, 0.3) is 5.91 Å². The van der Waals surface area contributed by atoms with Gasteiger partial charge in [0.2, 0.25) is 0 Å². The van der Waals surface area contributed by atoms with Gasteiger partial charge in [-0.15, -0.1) is 17.5 Å². The number of carbonyl (C=O) groups is 1.